The van der Waals surface area contributed by atoms with Gasteiger partial charge >= 0.3 is 0 Å². The Labute approximate surface area is 114 Å². The van der Waals surface area contributed by atoms with Crippen molar-refractivity contribution in [3.05, 3.63) is 27.9 Å². The zero-order chi connectivity index (χ0) is 13.1. The number of H-pyrrole nitrogens is 1. The Hall–Kier alpha value is -1.12. The Balaban J connectivity index is 1.85. The fraction of sp³-hybridized carbons (Fsp3) is 0.750. The molecule has 0 bridgehead atoms. The number of hydrogen-bond donors (Lipinski definition) is 1. The second-order valence-electron chi connectivity index (χ2n) is 6.23. The minimum atomic E-state index is 0.0520. The van der Waals surface area contributed by atoms with Crippen LogP contribution in [0, 0.1) is 0 Å². The predicted octanol–water partition coefficient (Wildman–Crippen LogP) is 3.87. The van der Waals surface area contributed by atoms with Crippen molar-refractivity contribution in [1.29, 1.82) is 0 Å². The van der Waals surface area contributed by atoms with Gasteiger partial charge in [0.2, 0.25) is 0 Å². The van der Waals surface area contributed by atoms with Crippen LogP contribution in [0.15, 0.2) is 10.9 Å². The van der Waals surface area contributed by atoms with Gasteiger partial charge in [-0.3, -0.25) is 4.79 Å². The molecule has 3 nitrogen and oxygen atoms in total. The van der Waals surface area contributed by atoms with Crippen molar-refractivity contribution in [1.82, 2.24) is 9.97 Å². The molecule has 3 rings (SSSR count). The first-order chi connectivity index (χ1) is 9.33. The van der Waals surface area contributed by atoms with Gasteiger partial charge in [0.1, 0.15) is 5.82 Å². The Kier molecular flexibility index (Phi) is 4.00. The fourth-order valence-corrected chi connectivity index (χ4v) is 3.67. The Bertz CT molecular complexity index is 466. The van der Waals surface area contributed by atoms with E-state index in [0.717, 1.165) is 11.5 Å². The summed E-state index contributed by atoms with van der Waals surface area (Å²) in [4.78, 5) is 19.7. The van der Waals surface area contributed by atoms with Gasteiger partial charge in [0.25, 0.3) is 5.56 Å². The van der Waals surface area contributed by atoms with E-state index in [1.165, 1.54) is 64.2 Å². The van der Waals surface area contributed by atoms with E-state index < -0.39 is 0 Å². The van der Waals surface area contributed by atoms with E-state index in [4.69, 9.17) is 4.98 Å². The zero-order valence-corrected chi connectivity index (χ0v) is 11.7. The highest BCUT2D eigenvalue weighted by atomic mass is 16.1. The third-order valence-corrected chi connectivity index (χ3v) is 4.80. The van der Waals surface area contributed by atoms with Gasteiger partial charge in [0.05, 0.1) is 5.69 Å². The van der Waals surface area contributed by atoms with Crippen LogP contribution in [0.25, 0.3) is 0 Å². The number of nitrogens with zero attached hydrogens (tertiary/aromatic N) is 1. The lowest BCUT2D eigenvalue weighted by Crippen LogP contribution is -2.17. The van der Waals surface area contributed by atoms with Crippen LogP contribution < -0.4 is 5.56 Å². The molecule has 0 aliphatic heterocycles. The molecular weight excluding hydrogens is 236 g/mol. The molecule has 104 valence electrons. The van der Waals surface area contributed by atoms with Gasteiger partial charge < -0.3 is 4.98 Å². The average molecular weight is 260 g/mol. The molecule has 0 amide bonds. The standard InChI is InChI=1S/C16H24N2O/c19-15-11-14(12-7-5-6-8-12)17-16(18-15)13-9-3-1-2-4-10-13/h11-13H,1-10H2,(H,17,18,19). The Morgan fingerprint density at radius 2 is 1.47 bits per heavy atom. The molecule has 0 unspecified atom stereocenters. The van der Waals surface area contributed by atoms with E-state index >= 15 is 0 Å². The quantitative estimate of drug-likeness (QED) is 0.820. The van der Waals surface area contributed by atoms with E-state index in [1.54, 1.807) is 6.07 Å². The number of hydrogen-bond acceptors (Lipinski definition) is 2. The van der Waals surface area contributed by atoms with Crippen LogP contribution in [0.3, 0.4) is 0 Å². The van der Waals surface area contributed by atoms with Gasteiger partial charge in [-0.05, 0) is 25.7 Å². The molecule has 0 aromatic carbocycles. The van der Waals surface area contributed by atoms with Gasteiger partial charge in [-0.1, -0.05) is 38.5 Å². The molecule has 3 heteroatoms. The largest absolute Gasteiger partial charge is 0.310 e. The smallest absolute Gasteiger partial charge is 0.251 e. The summed E-state index contributed by atoms with van der Waals surface area (Å²) in [6.07, 6.45) is 12.6. The van der Waals surface area contributed by atoms with Crippen LogP contribution in [-0.4, -0.2) is 9.97 Å². The van der Waals surface area contributed by atoms with E-state index in [1.807, 2.05) is 0 Å². The summed E-state index contributed by atoms with van der Waals surface area (Å²) in [7, 11) is 0. The van der Waals surface area contributed by atoms with Crippen molar-refractivity contribution in [3.63, 3.8) is 0 Å². The minimum absolute atomic E-state index is 0.0520. The summed E-state index contributed by atoms with van der Waals surface area (Å²) < 4.78 is 0. The second-order valence-corrected chi connectivity index (χ2v) is 6.23. The van der Waals surface area contributed by atoms with E-state index in [9.17, 15) is 4.79 Å². The molecule has 0 spiro atoms. The molecular formula is C16H24N2O. The lowest BCUT2D eigenvalue weighted by atomic mass is 9.98. The van der Waals surface area contributed by atoms with Crippen molar-refractivity contribution in [3.8, 4) is 0 Å². The molecule has 2 saturated carbocycles. The summed E-state index contributed by atoms with van der Waals surface area (Å²) in [6, 6.07) is 1.73. The van der Waals surface area contributed by atoms with Gasteiger partial charge in [0.15, 0.2) is 0 Å². The molecule has 1 aromatic rings. The van der Waals surface area contributed by atoms with Crippen molar-refractivity contribution in [2.45, 2.75) is 76.0 Å². The molecule has 2 fully saturated rings. The monoisotopic (exact) mass is 260 g/mol. The summed E-state index contributed by atoms with van der Waals surface area (Å²) >= 11 is 0. The maximum absolute atomic E-state index is 11.9. The maximum Gasteiger partial charge on any atom is 0.251 e. The zero-order valence-electron chi connectivity index (χ0n) is 11.7. The molecule has 1 N–H and O–H groups in total. The van der Waals surface area contributed by atoms with Gasteiger partial charge in [-0.15, -0.1) is 0 Å². The Morgan fingerprint density at radius 1 is 0.895 bits per heavy atom. The van der Waals surface area contributed by atoms with Gasteiger partial charge in [-0.25, -0.2) is 4.98 Å². The summed E-state index contributed by atoms with van der Waals surface area (Å²) in [6.45, 7) is 0. The molecule has 0 saturated heterocycles. The third kappa shape index (κ3) is 3.07. The number of aromatic amines is 1. The highest BCUT2D eigenvalue weighted by molar-refractivity contribution is 5.12. The molecule has 2 aliphatic carbocycles. The molecule has 1 aromatic heterocycles. The van der Waals surface area contributed by atoms with E-state index in [0.29, 0.717) is 11.8 Å². The first-order valence-electron chi connectivity index (χ1n) is 7.94. The topological polar surface area (TPSA) is 45.8 Å². The van der Waals surface area contributed by atoms with Crippen LogP contribution in [0.2, 0.25) is 0 Å². The molecule has 0 radical (unpaired) electrons. The fourth-order valence-electron chi connectivity index (χ4n) is 3.67. The molecule has 1 heterocycles. The highest BCUT2D eigenvalue weighted by Crippen LogP contribution is 2.34. The molecule has 19 heavy (non-hydrogen) atoms. The lowest BCUT2D eigenvalue weighted by molar-refractivity contribution is 0.549. The van der Waals surface area contributed by atoms with Crippen molar-refractivity contribution < 1.29 is 0 Å². The first-order valence-corrected chi connectivity index (χ1v) is 7.94. The van der Waals surface area contributed by atoms with E-state index in [2.05, 4.69) is 4.98 Å². The van der Waals surface area contributed by atoms with Crippen molar-refractivity contribution >= 4 is 0 Å². The van der Waals surface area contributed by atoms with Crippen molar-refractivity contribution in [2.24, 2.45) is 0 Å². The normalized spacial score (nSPS) is 22.5. The third-order valence-electron chi connectivity index (χ3n) is 4.80. The van der Waals surface area contributed by atoms with Crippen molar-refractivity contribution in [2.75, 3.05) is 0 Å². The summed E-state index contributed by atoms with van der Waals surface area (Å²) in [5.41, 5.74) is 1.11. The molecule has 0 atom stereocenters. The summed E-state index contributed by atoms with van der Waals surface area (Å²) in [5.74, 6) is 1.99. The minimum Gasteiger partial charge on any atom is -0.310 e. The number of rotatable bonds is 2. The van der Waals surface area contributed by atoms with E-state index in [-0.39, 0.29) is 5.56 Å². The van der Waals surface area contributed by atoms with Gasteiger partial charge in [0, 0.05) is 17.9 Å². The van der Waals surface area contributed by atoms with Crippen LogP contribution in [-0.2, 0) is 0 Å². The molecule has 2 aliphatic rings. The highest BCUT2D eigenvalue weighted by Gasteiger charge is 2.22. The van der Waals surface area contributed by atoms with Crippen LogP contribution in [0.5, 0.6) is 0 Å². The predicted molar refractivity (Wildman–Crippen MR) is 76.5 cm³/mol. The average Bonchev–Trinajstić information content (AvgIpc) is 2.81. The van der Waals surface area contributed by atoms with Crippen LogP contribution >= 0.6 is 0 Å². The van der Waals surface area contributed by atoms with Gasteiger partial charge in [-0.2, -0.15) is 0 Å². The van der Waals surface area contributed by atoms with Crippen LogP contribution in [0.1, 0.15) is 87.6 Å². The maximum atomic E-state index is 11.9. The lowest BCUT2D eigenvalue weighted by Gasteiger charge is -2.15. The SMILES string of the molecule is O=c1cc(C2CCCC2)nc(C2CCCCCC2)[nH]1. The van der Waals surface area contributed by atoms with Crippen LogP contribution in [0.4, 0.5) is 0 Å². The Morgan fingerprint density at radius 3 is 2.16 bits per heavy atom. The number of aromatic nitrogens is 2. The number of nitrogens with one attached hydrogen (secondary N) is 1. The summed E-state index contributed by atoms with van der Waals surface area (Å²) in [5, 5.41) is 0. The second kappa shape index (κ2) is 5.89. The first kappa shape index (κ1) is 12.9.